The van der Waals surface area contributed by atoms with Gasteiger partial charge in [-0.3, -0.25) is 14.4 Å². The molecule has 2 rings (SSSR count). The van der Waals surface area contributed by atoms with Crippen molar-refractivity contribution >= 4 is 45.2 Å². The summed E-state index contributed by atoms with van der Waals surface area (Å²) in [5.74, 6) is -0.555. The first kappa shape index (κ1) is 33.9. The molecule has 0 unspecified atom stereocenters. The highest BCUT2D eigenvalue weighted by atomic mass is 79.9. The zero-order valence-electron chi connectivity index (χ0n) is 22.2. The number of esters is 3. The fraction of sp³-hybridized carbons (Fsp3) is 0.464. The molecule has 0 aromatic heterocycles. The van der Waals surface area contributed by atoms with Gasteiger partial charge in [-0.15, -0.1) is 0 Å². The van der Waals surface area contributed by atoms with Crippen LogP contribution in [0.25, 0.3) is 0 Å². The van der Waals surface area contributed by atoms with Crippen LogP contribution in [-0.2, 0) is 28.6 Å². The van der Waals surface area contributed by atoms with Crippen molar-refractivity contribution in [2.75, 3.05) is 48.9 Å². The molecular weight excluding hydrogens is 540 g/mol. The molecule has 0 bridgehead atoms. The minimum atomic E-state index is -0.227. The van der Waals surface area contributed by atoms with E-state index in [0.29, 0.717) is 52.2 Å². The molecule has 0 spiro atoms. The lowest BCUT2D eigenvalue weighted by Gasteiger charge is -2.24. The Morgan fingerprint density at radius 3 is 1.46 bits per heavy atom. The summed E-state index contributed by atoms with van der Waals surface area (Å²) in [7, 11) is 0. The van der Waals surface area contributed by atoms with Gasteiger partial charge < -0.3 is 24.8 Å². The molecule has 0 radical (unpaired) electrons. The molecule has 0 saturated carbocycles. The first-order valence-electron chi connectivity index (χ1n) is 12.5. The van der Waals surface area contributed by atoms with Gasteiger partial charge in [-0.2, -0.15) is 0 Å². The molecule has 37 heavy (non-hydrogen) atoms. The third-order valence-electron chi connectivity index (χ3n) is 4.52. The van der Waals surface area contributed by atoms with Gasteiger partial charge in [-0.05, 0) is 51.5 Å². The van der Waals surface area contributed by atoms with Crippen molar-refractivity contribution in [1.82, 2.24) is 0 Å². The molecule has 0 aliphatic rings. The molecule has 8 nitrogen and oxygen atoms in total. The van der Waals surface area contributed by atoms with E-state index in [9.17, 15) is 14.4 Å². The number of nitrogens with zero attached hydrogens (tertiary/aromatic N) is 1. The van der Waals surface area contributed by atoms with E-state index >= 15 is 0 Å². The van der Waals surface area contributed by atoms with Gasteiger partial charge in [-0.1, -0.05) is 52.3 Å². The zero-order valence-corrected chi connectivity index (χ0v) is 23.8. The molecule has 206 valence electrons. The normalized spacial score (nSPS) is 9.51. The van der Waals surface area contributed by atoms with Crippen LogP contribution in [0.1, 0.15) is 46.5 Å². The van der Waals surface area contributed by atoms with Crippen LogP contribution in [0.15, 0.2) is 60.7 Å². The van der Waals surface area contributed by atoms with Crippen LogP contribution < -0.4 is 10.6 Å². The molecule has 2 aromatic carbocycles. The first-order chi connectivity index (χ1) is 17.9. The second-order valence-corrected chi connectivity index (χ2v) is 8.23. The standard InChI is InChI=1S/C16H23NO4.C6H11BrO2.C6H7N/c1-3-20-15(18)10-12-17(13-11-16(19)21-4-2)14-8-6-5-7-9-14;1-2-9-6(8)4-3-5-7;7-6-4-2-1-3-5-6/h5-9H,3-4,10-13H2,1-2H3;2-5H2,1H3;1-5H,7H2. The molecule has 0 heterocycles. The predicted molar refractivity (Wildman–Crippen MR) is 152 cm³/mol. The Labute approximate surface area is 229 Å². The van der Waals surface area contributed by atoms with Crippen LogP contribution in [0, 0.1) is 0 Å². The molecule has 0 fully saturated rings. The Balaban J connectivity index is 0.000000659. The molecule has 9 heteroatoms. The fourth-order valence-electron chi connectivity index (χ4n) is 2.82. The Kier molecular flexibility index (Phi) is 21.4. The lowest BCUT2D eigenvalue weighted by Crippen LogP contribution is -2.29. The highest BCUT2D eigenvalue weighted by molar-refractivity contribution is 9.09. The molecule has 0 saturated heterocycles. The Morgan fingerprint density at radius 1 is 0.703 bits per heavy atom. The zero-order chi connectivity index (χ0) is 27.7. The lowest BCUT2D eigenvalue weighted by molar-refractivity contribution is -0.144. The number of ether oxygens (including phenoxy) is 3. The predicted octanol–water partition coefficient (Wildman–Crippen LogP) is 5.39. The van der Waals surface area contributed by atoms with Gasteiger partial charge in [0.2, 0.25) is 0 Å². The van der Waals surface area contributed by atoms with Crippen molar-refractivity contribution in [2.24, 2.45) is 0 Å². The molecule has 0 atom stereocenters. The molecule has 0 aliphatic carbocycles. The minimum absolute atomic E-state index is 0.100. The van der Waals surface area contributed by atoms with Gasteiger partial charge in [0.1, 0.15) is 0 Å². The number of para-hydroxylation sites is 2. The van der Waals surface area contributed by atoms with Crippen molar-refractivity contribution in [1.29, 1.82) is 0 Å². The molecule has 0 amide bonds. The van der Waals surface area contributed by atoms with Gasteiger partial charge in [0.05, 0.1) is 32.7 Å². The monoisotopic (exact) mass is 580 g/mol. The number of carbonyl (C=O) groups excluding carboxylic acids is 3. The molecule has 2 aromatic rings. The topological polar surface area (TPSA) is 108 Å². The number of hydrogen-bond acceptors (Lipinski definition) is 8. The van der Waals surface area contributed by atoms with E-state index in [1.54, 1.807) is 13.8 Å². The number of alkyl halides is 1. The SMILES string of the molecule is CCOC(=O)CCCBr.CCOC(=O)CCN(CCC(=O)OCC)c1ccccc1.Nc1ccccc1. The largest absolute Gasteiger partial charge is 0.466 e. The maximum atomic E-state index is 11.5. The average Bonchev–Trinajstić information content (AvgIpc) is 2.90. The van der Waals surface area contributed by atoms with Crippen LogP contribution >= 0.6 is 15.9 Å². The highest BCUT2D eigenvalue weighted by Crippen LogP contribution is 2.14. The van der Waals surface area contributed by atoms with Crippen LogP contribution in [-0.4, -0.2) is 56.1 Å². The Morgan fingerprint density at radius 2 is 1.11 bits per heavy atom. The van der Waals surface area contributed by atoms with E-state index in [-0.39, 0.29) is 17.9 Å². The van der Waals surface area contributed by atoms with Gasteiger partial charge in [-0.25, -0.2) is 0 Å². The number of rotatable bonds is 13. The number of carbonyl (C=O) groups is 3. The fourth-order valence-corrected chi connectivity index (χ4v) is 3.11. The van der Waals surface area contributed by atoms with Crippen LogP contribution in [0.4, 0.5) is 11.4 Å². The first-order valence-corrected chi connectivity index (χ1v) is 13.6. The third-order valence-corrected chi connectivity index (χ3v) is 5.08. The van der Waals surface area contributed by atoms with Crippen molar-refractivity contribution in [3.63, 3.8) is 0 Å². The smallest absolute Gasteiger partial charge is 0.307 e. The average molecular weight is 582 g/mol. The van der Waals surface area contributed by atoms with Crippen LogP contribution in [0.2, 0.25) is 0 Å². The highest BCUT2D eigenvalue weighted by Gasteiger charge is 2.12. The van der Waals surface area contributed by atoms with Crippen molar-refractivity contribution in [3.8, 4) is 0 Å². The number of halogens is 1. The van der Waals surface area contributed by atoms with Crippen molar-refractivity contribution < 1.29 is 28.6 Å². The van der Waals surface area contributed by atoms with E-state index in [2.05, 4.69) is 20.7 Å². The minimum Gasteiger partial charge on any atom is -0.466 e. The summed E-state index contributed by atoms with van der Waals surface area (Å²) in [4.78, 5) is 35.5. The van der Waals surface area contributed by atoms with E-state index in [1.165, 1.54) is 0 Å². The Hall–Kier alpha value is -3.07. The van der Waals surface area contributed by atoms with E-state index in [0.717, 1.165) is 23.1 Å². The maximum Gasteiger partial charge on any atom is 0.307 e. The van der Waals surface area contributed by atoms with Gasteiger partial charge >= 0.3 is 17.9 Å². The number of hydrogen-bond donors (Lipinski definition) is 1. The van der Waals surface area contributed by atoms with E-state index in [1.807, 2.05) is 72.5 Å². The number of anilines is 2. The van der Waals surface area contributed by atoms with Gasteiger partial charge in [0.25, 0.3) is 0 Å². The van der Waals surface area contributed by atoms with Crippen molar-refractivity contribution in [2.45, 2.75) is 46.5 Å². The summed E-state index contributed by atoms with van der Waals surface area (Å²) < 4.78 is 14.6. The van der Waals surface area contributed by atoms with E-state index in [4.69, 9.17) is 15.2 Å². The Bertz CT molecular complexity index is 830. The van der Waals surface area contributed by atoms with Crippen LogP contribution in [0.3, 0.4) is 0 Å². The lowest BCUT2D eigenvalue weighted by atomic mass is 10.2. The summed E-state index contributed by atoms with van der Waals surface area (Å²) in [5.41, 5.74) is 7.16. The van der Waals surface area contributed by atoms with Crippen LogP contribution in [0.5, 0.6) is 0 Å². The second kappa shape index (κ2) is 23.3. The number of nitrogens with two attached hydrogens (primary N) is 1. The summed E-state index contributed by atoms with van der Waals surface area (Å²) in [6.07, 6.45) is 1.98. The molecule has 2 N–H and O–H groups in total. The summed E-state index contributed by atoms with van der Waals surface area (Å²) >= 11 is 3.22. The van der Waals surface area contributed by atoms with Gasteiger partial charge in [0.15, 0.2) is 0 Å². The number of benzene rings is 2. The third kappa shape index (κ3) is 19.8. The second-order valence-electron chi connectivity index (χ2n) is 7.44. The summed E-state index contributed by atoms with van der Waals surface area (Å²) in [6.45, 7) is 7.67. The summed E-state index contributed by atoms with van der Waals surface area (Å²) in [5, 5.41) is 0.867. The molecule has 0 aliphatic heterocycles. The van der Waals surface area contributed by atoms with Crippen molar-refractivity contribution in [3.05, 3.63) is 60.7 Å². The summed E-state index contributed by atoms with van der Waals surface area (Å²) in [6, 6.07) is 19.2. The van der Waals surface area contributed by atoms with E-state index < -0.39 is 0 Å². The maximum absolute atomic E-state index is 11.5. The quantitative estimate of drug-likeness (QED) is 0.145. The molecular formula is C28H41BrN2O6. The number of nitrogen functional groups attached to an aromatic ring is 1. The van der Waals surface area contributed by atoms with Gasteiger partial charge in [0, 0.05) is 36.2 Å².